The zero-order valence-corrected chi connectivity index (χ0v) is 48.4. The molecule has 0 bridgehead atoms. The highest BCUT2D eigenvalue weighted by molar-refractivity contribution is 5.71. The molecular formula is C66H110NO8+. The Balaban J connectivity index is 4.09. The van der Waals surface area contributed by atoms with Gasteiger partial charge in [0.25, 0.3) is 6.29 Å². The predicted octanol–water partition coefficient (Wildman–Crippen LogP) is 17.7. The van der Waals surface area contributed by atoms with Gasteiger partial charge in [-0.05, 0) is 89.9 Å². The molecule has 0 rings (SSSR count). The highest BCUT2D eigenvalue weighted by atomic mass is 16.7. The summed E-state index contributed by atoms with van der Waals surface area (Å²) in [6.07, 6.45) is 76.1. The number of hydrogen-bond donors (Lipinski definition) is 1. The SMILES string of the molecule is CC/C=C\C/C=C\C/C=C\C/C=C\C/C=C\C/C=C\CCCCCCCCCCCCCCCCCCCCC(=O)OC(COC(=O)CC/C=C\C/C=C\C/C=C\C/C=C\CC)COC(OCC[N+](C)(C)C)C(=O)O. The van der Waals surface area contributed by atoms with Crippen molar-refractivity contribution in [2.75, 3.05) is 47.5 Å². The average Bonchev–Trinajstić information content (AvgIpc) is 3.38. The fourth-order valence-corrected chi connectivity index (χ4v) is 7.74. The molecule has 0 aliphatic carbocycles. The topological polar surface area (TPSA) is 108 Å². The van der Waals surface area contributed by atoms with E-state index in [2.05, 4.69) is 123 Å². The number of likely N-dealkylation sites (N-methyl/N-ethyl adjacent to an activating group) is 1. The molecule has 0 heterocycles. The molecule has 2 atom stereocenters. The summed E-state index contributed by atoms with van der Waals surface area (Å²) in [5, 5.41) is 9.68. The maximum absolute atomic E-state index is 12.9. The van der Waals surface area contributed by atoms with Gasteiger partial charge >= 0.3 is 17.9 Å². The third kappa shape index (κ3) is 57.2. The minimum atomic E-state index is -1.53. The second kappa shape index (κ2) is 55.9. The second-order valence-corrected chi connectivity index (χ2v) is 20.5. The number of esters is 2. The van der Waals surface area contributed by atoms with Crippen molar-refractivity contribution < 1.29 is 42.9 Å². The first-order valence-electron chi connectivity index (χ1n) is 29.7. The van der Waals surface area contributed by atoms with Crippen LogP contribution < -0.4 is 0 Å². The molecule has 0 aliphatic heterocycles. The lowest BCUT2D eigenvalue weighted by Crippen LogP contribution is -2.40. The molecule has 1 N–H and O–H groups in total. The van der Waals surface area contributed by atoms with Gasteiger partial charge in [0.2, 0.25) is 0 Å². The Bertz CT molecular complexity index is 1640. The van der Waals surface area contributed by atoms with Crippen LogP contribution >= 0.6 is 0 Å². The van der Waals surface area contributed by atoms with E-state index in [1.165, 1.54) is 96.3 Å². The minimum Gasteiger partial charge on any atom is -0.477 e. The highest BCUT2D eigenvalue weighted by Crippen LogP contribution is 2.16. The van der Waals surface area contributed by atoms with E-state index in [1.54, 1.807) is 0 Å². The van der Waals surface area contributed by atoms with Crippen molar-refractivity contribution in [3.8, 4) is 0 Å². The smallest absolute Gasteiger partial charge is 0.361 e. The number of carboxylic acid groups (broad SMARTS) is 1. The van der Waals surface area contributed by atoms with Crippen LogP contribution in [-0.4, -0.2) is 87.4 Å². The molecular weight excluding hydrogens is 935 g/mol. The first kappa shape index (κ1) is 70.7. The molecule has 0 aromatic carbocycles. The van der Waals surface area contributed by atoms with Gasteiger partial charge in [0.05, 0.1) is 34.4 Å². The van der Waals surface area contributed by atoms with Gasteiger partial charge in [-0.1, -0.05) is 238 Å². The molecule has 75 heavy (non-hydrogen) atoms. The molecule has 9 heteroatoms. The molecule has 0 spiro atoms. The molecule has 0 aromatic rings. The summed E-state index contributed by atoms with van der Waals surface area (Å²) in [5.41, 5.74) is 0. The van der Waals surface area contributed by atoms with E-state index < -0.39 is 30.3 Å². The van der Waals surface area contributed by atoms with Crippen molar-refractivity contribution in [1.82, 2.24) is 0 Å². The van der Waals surface area contributed by atoms with Crippen molar-refractivity contribution in [2.45, 2.75) is 232 Å². The summed E-state index contributed by atoms with van der Waals surface area (Å²) in [6.45, 7) is 4.55. The average molecular weight is 1050 g/mol. The van der Waals surface area contributed by atoms with Crippen molar-refractivity contribution in [3.05, 3.63) is 122 Å². The molecule has 0 amide bonds. The number of carbonyl (C=O) groups excluding carboxylic acids is 2. The summed E-state index contributed by atoms with van der Waals surface area (Å²) in [5.74, 6) is -2.12. The molecule has 0 saturated carbocycles. The van der Waals surface area contributed by atoms with Crippen LogP contribution in [0.15, 0.2) is 122 Å². The third-order valence-electron chi connectivity index (χ3n) is 12.2. The number of unbranched alkanes of at least 4 members (excludes halogenated alkanes) is 18. The van der Waals surface area contributed by atoms with Gasteiger partial charge in [-0.3, -0.25) is 9.59 Å². The Labute approximate surface area is 459 Å². The maximum atomic E-state index is 12.9. The van der Waals surface area contributed by atoms with Gasteiger partial charge in [-0.15, -0.1) is 0 Å². The van der Waals surface area contributed by atoms with Crippen LogP contribution in [0.2, 0.25) is 0 Å². The summed E-state index contributed by atoms with van der Waals surface area (Å²) in [6, 6.07) is 0. The van der Waals surface area contributed by atoms with Crippen molar-refractivity contribution in [3.63, 3.8) is 0 Å². The van der Waals surface area contributed by atoms with Gasteiger partial charge < -0.3 is 28.5 Å². The van der Waals surface area contributed by atoms with Crippen LogP contribution in [0.5, 0.6) is 0 Å². The van der Waals surface area contributed by atoms with Gasteiger partial charge in [0, 0.05) is 12.8 Å². The number of ether oxygens (including phenoxy) is 4. The molecule has 9 nitrogen and oxygen atoms in total. The van der Waals surface area contributed by atoms with Gasteiger partial charge in [0.15, 0.2) is 6.10 Å². The summed E-state index contributed by atoms with van der Waals surface area (Å²) in [7, 11) is 5.94. The summed E-state index contributed by atoms with van der Waals surface area (Å²) in [4.78, 5) is 37.3. The van der Waals surface area contributed by atoms with E-state index in [4.69, 9.17) is 18.9 Å². The second-order valence-electron chi connectivity index (χ2n) is 20.5. The number of carbonyl (C=O) groups is 3. The molecule has 2 unspecified atom stereocenters. The van der Waals surface area contributed by atoms with E-state index in [1.807, 2.05) is 33.3 Å². The van der Waals surface area contributed by atoms with Crippen LogP contribution in [-0.2, 0) is 33.3 Å². The Morgan fingerprint density at radius 3 is 1.12 bits per heavy atom. The van der Waals surface area contributed by atoms with E-state index >= 15 is 0 Å². The van der Waals surface area contributed by atoms with Crippen LogP contribution in [0.4, 0.5) is 0 Å². The molecule has 0 aromatic heterocycles. The first-order valence-corrected chi connectivity index (χ1v) is 29.7. The van der Waals surface area contributed by atoms with Crippen LogP contribution in [0.3, 0.4) is 0 Å². The zero-order valence-electron chi connectivity index (χ0n) is 48.4. The Morgan fingerprint density at radius 2 is 0.747 bits per heavy atom. The fourth-order valence-electron chi connectivity index (χ4n) is 7.74. The summed E-state index contributed by atoms with van der Waals surface area (Å²) >= 11 is 0. The maximum Gasteiger partial charge on any atom is 0.361 e. The predicted molar refractivity (Wildman–Crippen MR) is 318 cm³/mol. The quantitative estimate of drug-likeness (QED) is 0.0211. The summed E-state index contributed by atoms with van der Waals surface area (Å²) < 4.78 is 22.7. The first-order chi connectivity index (χ1) is 36.6. The number of aliphatic carboxylic acids is 1. The number of carboxylic acids is 1. The van der Waals surface area contributed by atoms with Gasteiger partial charge in [0.1, 0.15) is 13.2 Å². The van der Waals surface area contributed by atoms with Crippen LogP contribution in [0.25, 0.3) is 0 Å². The zero-order chi connectivity index (χ0) is 54.8. The largest absolute Gasteiger partial charge is 0.477 e. The van der Waals surface area contributed by atoms with Gasteiger partial charge in [-0.25, -0.2) is 4.79 Å². The van der Waals surface area contributed by atoms with E-state index in [-0.39, 0.29) is 32.7 Å². The number of nitrogens with zero attached hydrogens (tertiary/aromatic N) is 1. The lowest BCUT2D eigenvalue weighted by molar-refractivity contribution is -0.870. The van der Waals surface area contributed by atoms with Crippen molar-refractivity contribution >= 4 is 17.9 Å². The normalized spacial score (nSPS) is 13.7. The number of allylic oxidation sites excluding steroid dienone is 20. The monoisotopic (exact) mass is 1040 g/mol. The van der Waals surface area contributed by atoms with Crippen LogP contribution in [0.1, 0.15) is 219 Å². The highest BCUT2D eigenvalue weighted by Gasteiger charge is 2.25. The minimum absolute atomic E-state index is 0.173. The lowest BCUT2D eigenvalue weighted by Gasteiger charge is -2.25. The van der Waals surface area contributed by atoms with Crippen molar-refractivity contribution in [2.24, 2.45) is 0 Å². The molecule has 0 aliphatic rings. The fraction of sp³-hybridized carbons (Fsp3) is 0.652. The Hall–Kier alpha value is -4.31. The van der Waals surface area contributed by atoms with E-state index in [9.17, 15) is 19.5 Å². The molecule has 0 saturated heterocycles. The molecule has 426 valence electrons. The van der Waals surface area contributed by atoms with Crippen molar-refractivity contribution in [1.29, 1.82) is 0 Å². The Morgan fingerprint density at radius 1 is 0.400 bits per heavy atom. The standard InChI is InChI=1S/C66H109NO8/c1-6-8-10-12-14-16-18-20-21-22-23-24-25-26-27-28-29-30-31-32-33-34-35-36-37-38-39-40-41-42-43-45-47-49-51-53-55-57-64(69)75-62(61-74-66(65(70)71)72-59-58-67(3,4)5)60-73-63(68)56-54-52-50-48-46-44-19-17-15-13-11-9-7-2/h8-11,14-17,20-21,23-24,26-27,29-30,44,46,50,52,62,66H,6-7,12-13,18-19,22,25,28,31-43,45,47-49,51,53-61H2,1-5H3/p+1/b10-8-,11-9-,16-14-,17-15-,21-20-,24-23-,27-26-,30-29-,46-44-,52-50-. The van der Waals surface area contributed by atoms with E-state index in [0.29, 0.717) is 23.9 Å². The van der Waals surface area contributed by atoms with E-state index in [0.717, 1.165) is 83.5 Å². The Kier molecular flexibility index (Phi) is 52.7. The molecule has 0 radical (unpaired) electrons. The number of hydrogen-bond acceptors (Lipinski definition) is 7. The lowest BCUT2D eigenvalue weighted by atomic mass is 10.0. The molecule has 0 fully saturated rings. The number of quaternary nitrogens is 1. The number of rotatable bonds is 53. The van der Waals surface area contributed by atoms with Crippen LogP contribution in [0, 0.1) is 0 Å². The van der Waals surface area contributed by atoms with Gasteiger partial charge in [-0.2, -0.15) is 0 Å². The third-order valence-corrected chi connectivity index (χ3v) is 12.2.